The van der Waals surface area contributed by atoms with Gasteiger partial charge in [0.1, 0.15) is 5.82 Å². The van der Waals surface area contributed by atoms with Crippen LogP contribution in [0.4, 0.5) is 5.82 Å². The van der Waals surface area contributed by atoms with Crippen molar-refractivity contribution in [2.75, 3.05) is 5.32 Å². The van der Waals surface area contributed by atoms with E-state index in [1.54, 1.807) is 6.20 Å². The standard InChI is InChI=1S/C9H11N3O.ClH/c10-7-4-3-6-2-1-5-11-8(6)12-9(7)13;/h1-2,5,7H,3-4,10H2,(H,11,12,13);1H. The summed E-state index contributed by atoms with van der Waals surface area (Å²) in [5.74, 6) is 0.512. The van der Waals surface area contributed by atoms with E-state index in [0.717, 1.165) is 12.0 Å². The van der Waals surface area contributed by atoms with E-state index in [1.807, 2.05) is 12.1 Å². The third kappa shape index (κ3) is 2.02. The third-order valence-electron chi connectivity index (χ3n) is 2.19. The molecule has 1 aromatic rings. The number of carbonyl (C=O) groups excluding carboxylic acids is 1. The van der Waals surface area contributed by atoms with E-state index in [2.05, 4.69) is 10.3 Å². The van der Waals surface area contributed by atoms with Crippen molar-refractivity contribution in [1.29, 1.82) is 0 Å². The number of pyridine rings is 1. The number of nitrogens with two attached hydrogens (primary N) is 1. The highest BCUT2D eigenvalue weighted by Gasteiger charge is 2.19. The molecular weight excluding hydrogens is 202 g/mol. The van der Waals surface area contributed by atoms with Crippen molar-refractivity contribution in [3.05, 3.63) is 23.9 Å². The van der Waals surface area contributed by atoms with Crippen molar-refractivity contribution in [3.8, 4) is 0 Å². The van der Waals surface area contributed by atoms with Gasteiger partial charge in [0.15, 0.2) is 0 Å². The number of fused-ring (bicyclic) bond motifs is 1. The fraction of sp³-hybridized carbons (Fsp3) is 0.333. The van der Waals surface area contributed by atoms with Crippen LogP contribution in [0.15, 0.2) is 18.3 Å². The second-order valence-electron chi connectivity index (χ2n) is 3.15. The molecule has 14 heavy (non-hydrogen) atoms. The number of nitrogens with zero attached hydrogens (tertiary/aromatic N) is 1. The molecule has 2 heterocycles. The molecule has 2 rings (SSSR count). The molecule has 76 valence electrons. The lowest BCUT2D eigenvalue weighted by molar-refractivity contribution is -0.117. The Bertz CT molecular complexity index is 343. The molecule has 0 saturated heterocycles. The Morgan fingerprint density at radius 1 is 1.57 bits per heavy atom. The van der Waals surface area contributed by atoms with E-state index >= 15 is 0 Å². The summed E-state index contributed by atoms with van der Waals surface area (Å²) in [6, 6.07) is 3.41. The van der Waals surface area contributed by atoms with Gasteiger partial charge in [0, 0.05) is 6.20 Å². The number of halogens is 1. The smallest absolute Gasteiger partial charge is 0.242 e. The lowest BCUT2D eigenvalue weighted by atomic mass is 10.1. The average molecular weight is 214 g/mol. The van der Waals surface area contributed by atoms with Gasteiger partial charge in [0.25, 0.3) is 0 Å². The molecule has 0 bridgehead atoms. The molecule has 4 nitrogen and oxygen atoms in total. The fourth-order valence-corrected chi connectivity index (χ4v) is 1.40. The van der Waals surface area contributed by atoms with Crippen LogP contribution in [0.1, 0.15) is 12.0 Å². The highest BCUT2D eigenvalue weighted by Crippen LogP contribution is 2.17. The summed E-state index contributed by atoms with van der Waals surface area (Å²) in [7, 11) is 0. The van der Waals surface area contributed by atoms with Gasteiger partial charge >= 0.3 is 0 Å². The van der Waals surface area contributed by atoms with Crippen LogP contribution in [-0.2, 0) is 11.2 Å². The molecule has 1 aliphatic heterocycles. The summed E-state index contributed by atoms with van der Waals surface area (Å²) in [5.41, 5.74) is 6.68. The quantitative estimate of drug-likeness (QED) is 0.667. The first-order valence-corrected chi connectivity index (χ1v) is 4.28. The topological polar surface area (TPSA) is 68.0 Å². The zero-order valence-electron chi connectivity index (χ0n) is 7.56. The van der Waals surface area contributed by atoms with Crippen LogP contribution in [0.3, 0.4) is 0 Å². The van der Waals surface area contributed by atoms with Crippen LogP contribution in [-0.4, -0.2) is 16.9 Å². The maximum absolute atomic E-state index is 11.3. The summed E-state index contributed by atoms with van der Waals surface area (Å²) in [6.07, 6.45) is 3.16. The molecular formula is C9H12ClN3O. The molecule has 1 amide bonds. The third-order valence-corrected chi connectivity index (χ3v) is 2.19. The summed E-state index contributed by atoms with van der Waals surface area (Å²) >= 11 is 0. The number of aryl methyl sites for hydroxylation is 1. The Morgan fingerprint density at radius 3 is 3.14 bits per heavy atom. The van der Waals surface area contributed by atoms with Crippen LogP contribution >= 0.6 is 12.4 Å². The van der Waals surface area contributed by atoms with Gasteiger partial charge in [-0.2, -0.15) is 0 Å². The molecule has 5 heteroatoms. The number of hydrogen-bond donors (Lipinski definition) is 2. The number of anilines is 1. The molecule has 0 radical (unpaired) electrons. The summed E-state index contributed by atoms with van der Waals surface area (Å²) in [4.78, 5) is 15.4. The minimum Gasteiger partial charge on any atom is -0.320 e. The Morgan fingerprint density at radius 2 is 2.36 bits per heavy atom. The number of carbonyl (C=O) groups is 1. The summed E-state index contributed by atoms with van der Waals surface area (Å²) < 4.78 is 0. The monoisotopic (exact) mass is 213 g/mol. The van der Waals surface area contributed by atoms with E-state index in [0.29, 0.717) is 12.2 Å². The van der Waals surface area contributed by atoms with Gasteiger partial charge in [-0.25, -0.2) is 4.98 Å². The Hall–Kier alpha value is -1.13. The van der Waals surface area contributed by atoms with Crippen molar-refractivity contribution >= 4 is 24.1 Å². The zero-order valence-corrected chi connectivity index (χ0v) is 8.38. The van der Waals surface area contributed by atoms with Crippen molar-refractivity contribution in [2.24, 2.45) is 5.73 Å². The van der Waals surface area contributed by atoms with Gasteiger partial charge < -0.3 is 11.1 Å². The van der Waals surface area contributed by atoms with Gasteiger partial charge in [-0.3, -0.25) is 4.79 Å². The molecule has 1 aromatic heterocycles. The average Bonchev–Trinajstić information content (AvgIpc) is 2.28. The normalized spacial score (nSPS) is 20.1. The van der Waals surface area contributed by atoms with Gasteiger partial charge in [-0.1, -0.05) is 6.07 Å². The van der Waals surface area contributed by atoms with Crippen molar-refractivity contribution in [3.63, 3.8) is 0 Å². The van der Waals surface area contributed by atoms with Gasteiger partial charge in [-0.15, -0.1) is 12.4 Å². The van der Waals surface area contributed by atoms with E-state index in [9.17, 15) is 4.79 Å². The van der Waals surface area contributed by atoms with E-state index in [-0.39, 0.29) is 18.3 Å². The molecule has 1 aliphatic rings. The second-order valence-corrected chi connectivity index (χ2v) is 3.15. The molecule has 3 N–H and O–H groups in total. The highest BCUT2D eigenvalue weighted by atomic mass is 35.5. The first-order chi connectivity index (χ1) is 6.27. The van der Waals surface area contributed by atoms with Crippen molar-refractivity contribution < 1.29 is 4.79 Å². The van der Waals surface area contributed by atoms with Crippen LogP contribution in [0.25, 0.3) is 0 Å². The van der Waals surface area contributed by atoms with Crippen LogP contribution < -0.4 is 11.1 Å². The van der Waals surface area contributed by atoms with E-state index in [1.165, 1.54) is 0 Å². The van der Waals surface area contributed by atoms with Crippen molar-refractivity contribution in [1.82, 2.24) is 4.98 Å². The highest BCUT2D eigenvalue weighted by molar-refractivity contribution is 5.95. The number of rotatable bonds is 0. The fourth-order valence-electron chi connectivity index (χ4n) is 1.40. The lowest BCUT2D eigenvalue weighted by Gasteiger charge is -2.05. The minimum absolute atomic E-state index is 0. The Balaban J connectivity index is 0.000000980. The maximum atomic E-state index is 11.3. The first kappa shape index (κ1) is 10.9. The molecule has 0 spiro atoms. The Kier molecular flexibility index (Phi) is 3.43. The van der Waals surface area contributed by atoms with E-state index in [4.69, 9.17) is 5.73 Å². The SMILES string of the molecule is Cl.NC1CCc2cccnc2NC1=O. The molecule has 0 saturated carbocycles. The van der Waals surface area contributed by atoms with Crippen LogP contribution in [0, 0.1) is 0 Å². The number of nitrogens with one attached hydrogen (secondary N) is 1. The summed E-state index contributed by atoms with van der Waals surface area (Å²) in [5, 5.41) is 2.70. The Labute approximate surface area is 88.3 Å². The predicted octanol–water partition coefficient (Wildman–Crippen LogP) is 0.715. The van der Waals surface area contributed by atoms with Crippen LogP contribution in [0.2, 0.25) is 0 Å². The lowest BCUT2D eigenvalue weighted by Crippen LogP contribution is -2.34. The molecule has 0 aliphatic carbocycles. The molecule has 0 aromatic carbocycles. The van der Waals surface area contributed by atoms with Gasteiger partial charge in [0.2, 0.25) is 5.91 Å². The largest absolute Gasteiger partial charge is 0.320 e. The van der Waals surface area contributed by atoms with Crippen LogP contribution in [0.5, 0.6) is 0 Å². The van der Waals surface area contributed by atoms with Gasteiger partial charge in [-0.05, 0) is 24.5 Å². The number of amides is 1. The second kappa shape index (κ2) is 4.39. The zero-order chi connectivity index (χ0) is 9.26. The van der Waals surface area contributed by atoms with Gasteiger partial charge in [0.05, 0.1) is 6.04 Å². The maximum Gasteiger partial charge on any atom is 0.242 e. The summed E-state index contributed by atoms with van der Waals surface area (Å²) in [6.45, 7) is 0. The first-order valence-electron chi connectivity index (χ1n) is 4.28. The predicted molar refractivity (Wildman–Crippen MR) is 56.4 cm³/mol. The minimum atomic E-state index is -0.408. The molecule has 1 unspecified atom stereocenters. The number of hydrogen-bond acceptors (Lipinski definition) is 3. The molecule has 0 fully saturated rings. The number of aromatic nitrogens is 1. The molecule has 1 atom stereocenters. The van der Waals surface area contributed by atoms with Crippen molar-refractivity contribution in [2.45, 2.75) is 18.9 Å². The van der Waals surface area contributed by atoms with E-state index < -0.39 is 6.04 Å².